The van der Waals surface area contributed by atoms with Crippen LogP contribution < -0.4 is 0 Å². The number of hydrogen-bond donors (Lipinski definition) is 1. The summed E-state index contributed by atoms with van der Waals surface area (Å²) in [5, 5.41) is 8.46. The van der Waals surface area contributed by atoms with E-state index in [0.29, 0.717) is 4.57 Å². The zero-order valence-corrected chi connectivity index (χ0v) is 6.38. The molecule has 3 nitrogen and oxygen atoms in total. The first kappa shape index (κ1) is 9.63. The maximum Gasteiger partial charge on any atom is 0.406 e. The second-order valence-corrected chi connectivity index (χ2v) is 2.44. The van der Waals surface area contributed by atoms with E-state index >= 15 is 0 Å². The Morgan fingerprint density at radius 3 is 2.62 bits per heavy atom. The van der Waals surface area contributed by atoms with Gasteiger partial charge in [-0.25, -0.2) is 4.79 Å². The van der Waals surface area contributed by atoms with Crippen LogP contribution in [0.1, 0.15) is 10.5 Å². The molecular weight excluding hydrogens is 187 g/mol. The van der Waals surface area contributed by atoms with Gasteiger partial charge in [-0.1, -0.05) is 0 Å². The fraction of sp³-hybridized carbons (Fsp3) is 0.286. The Kier molecular flexibility index (Phi) is 2.31. The molecule has 13 heavy (non-hydrogen) atoms. The highest BCUT2D eigenvalue weighted by atomic mass is 19.4. The fourth-order valence-corrected chi connectivity index (χ4v) is 0.939. The highest BCUT2D eigenvalue weighted by Crippen LogP contribution is 2.18. The number of hydrogen-bond acceptors (Lipinski definition) is 1. The van der Waals surface area contributed by atoms with E-state index in [1.807, 2.05) is 0 Å². The number of carbonyl (C=O) groups is 1. The highest BCUT2D eigenvalue weighted by molar-refractivity contribution is 5.85. The van der Waals surface area contributed by atoms with Gasteiger partial charge in [0, 0.05) is 6.20 Å². The summed E-state index contributed by atoms with van der Waals surface area (Å²) >= 11 is 0. The molecule has 0 aliphatic rings. The van der Waals surface area contributed by atoms with Crippen LogP contribution in [-0.4, -0.2) is 21.8 Å². The van der Waals surface area contributed by atoms with Crippen molar-refractivity contribution in [2.45, 2.75) is 12.7 Å². The molecule has 0 bridgehead atoms. The summed E-state index contributed by atoms with van der Waals surface area (Å²) in [4.78, 5) is 10.4. The molecule has 1 heterocycles. The Morgan fingerprint density at radius 2 is 2.15 bits per heavy atom. The van der Waals surface area contributed by atoms with Crippen molar-refractivity contribution in [3.05, 3.63) is 24.0 Å². The van der Waals surface area contributed by atoms with Crippen LogP contribution in [0.2, 0.25) is 0 Å². The third kappa shape index (κ3) is 2.50. The normalized spacial score (nSPS) is 11.6. The zero-order valence-electron chi connectivity index (χ0n) is 6.38. The quantitative estimate of drug-likeness (QED) is 0.777. The molecule has 0 fully saturated rings. The third-order valence-electron chi connectivity index (χ3n) is 1.40. The molecular formula is C7H6F3NO2. The molecule has 0 amide bonds. The maximum atomic E-state index is 11.8. The van der Waals surface area contributed by atoms with Gasteiger partial charge in [0.15, 0.2) is 0 Å². The standard InChI is InChI=1S/C7H6F3NO2/c8-7(9,10)4-11-3-1-2-5(11)6(12)13/h1-3H,4H2,(H,12,13). The molecule has 6 heteroatoms. The molecule has 0 aliphatic heterocycles. The number of aromatic nitrogens is 1. The molecule has 72 valence electrons. The number of halogens is 3. The average molecular weight is 193 g/mol. The molecule has 0 radical (unpaired) electrons. The maximum absolute atomic E-state index is 11.8. The van der Waals surface area contributed by atoms with Crippen molar-refractivity contribution < 1.29 is 23.1 Å². The van der Waals surface area contributed by atoms with Crippen molar-refractivity contribution in [2.24, 2.45) is 0 Å². The lowest BCUT2D eigenvalue weighted by Gasteiger charge is -2.08. The summed E-state index contributed by atoms with van der Waals surface area (Å²) in [6.07, 6.45) is -3.32. The molecule has 0 saturated heterocycles. The minimum Gasteiger partial charge on any atom is -0.477 e. The van der Waals surface area contributed by atoms with Gasteiger partial charge < -0.3 is 9.67 Å². The van der Waals surface area contributed by atoms with Crippen LogP contribution in [0.15, 0.2) is 18.3 Å². The molecule has 0 saturated carbocycles. The number of alkyl halides is 3. The smallest absolute Gasteiger partial charge is 0.406 e. The van der Waals surface area contributed by atoms with Crippen LogP contribution in [0.4, 0.5) is 13.2 Å². The second kappa shape index (κ2) is 3.12. The Morgan fingerprint density at radius 1 is 1.54 bits per heavy atom. The van der Waals surface area contributed by atoms with Gasteiger partial charge in [0.1, 0.15) is 12.2 Å². The van der Waals surface area contributed by atoms with Gasteiger partial charge in [0.2, 0.25) is 0 Å². The SMILES string of the molecule is O=C(O)c1cccn1CC(F)(F)F. The first-order chi connectivity index (χ1) is 5.90. The monoisotopic (exact) mass is 193 g/mol. The van der Waals surface area contributed by atoms with E-state index in [1.54, 1.807) is 0 Å². The van der Waals surface area contributed by atoms with Crippen molar-refractivity contribution in [3.8, 4) is 0 Å². The lowest BCUT2D eigenvalue weighted by atomic mass is 10.4. The number of nitrogens with zero attached hydrogens (tertiary/aromatic N) is 1. The van der Waals surface area contributed by atoms with Gasteiger partial charge >= 0.3 is 12.1 Å². The Hall–Kier alpha value is -1.46. The van der Waals surface area contributed by atoms with E-state index in [9.17, 15) is 18.0 Å². The summed E-state index contributed by atoms with van der Waals surface area (Å²) in [7, 11) is 0. The van der Waals surface area contributed by atoms with Crippen molar-refractivity contribution >= 4 is 5.97 Å². The van der Waals surface area contributed by atoms with Crippen LogP contribution in [0.5, 0.6) is 0 Å². The lowest BCUT2D eigenvalue weighted by molar-refractivity contribution is -0.140. The topological polar surface area (TPSA) is 42.2 Å². The number of carboxylic acids is 1. The zero-order chi connectivity index (χ0) is 10.1. The van der Waals surface area contributed by atoms with Gasteiger partial charge in [-0.3, -0.25) is 0 Å². The summed E-state index contributed by atoms with van der Waals surface area (Å²) in [5.41, 5.74) is -0.364. The minimum absolute atomic E-state index is 0.364. The summed E-state index contributed by atoms with van der Waals surface area (Å²) in [5.74, 6) is -1.37. The minimum atomic E-state index is -4.40. The van der Waals surface area contributed by atoms with Gasteiger partial charge in [-0.2, -0.15) is 13.2 Å². The molecule has 1 rings (SSSR count). The summed E-state index contributed by atoms with van der Waals surface area (Å²) in [6, 6.07) is 2.38. The van der Waals surface area contributed by atoms with E-state index in [-0.39, 0.29) is 5.69 Å². The van der Waals surface area contributed by atoms with E-state index < -0.39 is 18.7 Å². The van der Waals surface area contributed by atoms with Gasteiger partial charge in [-0.15, -0.1) is 0 Å². The van der Waals surface area contributed by atoms with Crippen molar-refractivity contribution in [1.29, 1.82) is 0 Å². The van der Waals surface area contributed by atoms with E-state index in [2.05, 4.69) is 0 Å². The van der Waals surface area contributed by atoms with Crippen LogP contribution in [-0.2, 0) is 6.54 Å². The first-order valence-corrected chi connectivity index (χ1v) is 3.35. The largest absolute Gasteiger partial charge is 0.477 e. The fourth-order valence-electron chi connectivity index (χ4n) is 0.939. The predicted molar refractivity (Wildman–Crippen MR) is 37.4 cm³/mol. The molecule has 0 aliphatic carbocycles. The third-order valence-corrected chi connectivity index (χ3v) is 1.40. The molecule has 1 N–H and O–H groups in total. The Balaban J connectivity index is 2.89. The Labute approximate surface area is 71.4 Å². The number of rotatable bonds is 2. The number of aromatic carboxylic acids is 1. The average Bonchev–Trinajstić information content (AvgIpc) is 2.31. The summed E-state index contributed by atoms with van der Waals surface area (Å²) < 4.78 is 36.2. The van der Waals surface area contributed by atoms with Crippen molar-refractivity contribution in [2.75, 3.05) is 0 Å². The van der Waals surface area contributed by atoms with Crippen LogP contribution in [0.25, 0.3) is 0 Å². The van der Waals surface area contributed by atoms with Crippen molar-refractivity contribution in [3.63, 3.8) is 0 Å². The lowest BCUT2D eigenvalue weighted by Crippen LogP contribution is -2.20. The molecule has 0 atom stereocenters. The molecule has 1 aromatic heterocycles. The number of carboxylic acid groups (broad SMARTS) is 1. The van der Waals surface area contributed by atoms with Gasteiger partial charge in [-0.05, 0) is 12.1 Å². The van der Waals surface area contributed by atoms with Crippen LogP contribution >= 0.6 is 0 Å². The van der Waals surface area contributed by atoms with E-state index in [4.69, 9.17) is 5.11 Å². The highest BCUT2D eigenvalue weighted by Gasteiger charge is 2.29. The molecule has 0 unspecified atom stereocenters. The first-order valence-electron chi connectivity index (χ1n) is 3.35. The van der Waals surface area contributed by atoms with E-state index in [0.717, 1.165) is 12.3 Å². The van der Waals surface area contributed by atoms with Gasteiger partial charge in [0.25, 0.3) is 0 Å². The van der Waals surface area contributed by atoms with Crippen LogP contribution in [0.3, 0.4) is 0 Å². The predicted octanol–water partition coefficient (Wildman–Crippen LogP) is 1.75. The molecule has 0 aromatic carbocycles. The van der Waals surface area contributed by atoms with Crippen molar-refractivity contribution in [1.82, 2.24) is 4.57 Å². The molecule has 1 aromatic rings. The Bertz CT molecular complexity index is 316. The summed E-state index contributed by atoms with van der Waals surface area (Å²) in [6.45, 7) is -1.28. The van der Waals surface area contributed by atoms with Gasteiger partial charge in [0.05, 0.1) is 0 Å². The molecule has 0 spiro atoms. The van der Waals surface area contributed by atoms with E-state index in [1.165, 1.54) is 6.07 Å². The van der Waals surface area contributed by atoms with Crippen LogP contribution in [0, 0.1) is 0 Å². The second-order valence-electron chi connectivity index (χ2n) is 2.44.